The molecule has 0 radical (unpaired) electrons. The molecule has 1 aromatic rings. The van der Waals surface area contributed by atoms with Crippen molar-refractivity contribution in [3.63, 3.8) is 0 Å². The van der Waals surface area contributed by atoms with E-state index in [0.717, 1.165) is 25.0 Å². The van der Waals surface area contributed by atoms with Crippen molar-refractivity contribution in [1.29, 1.82) is 0 Å². The van der Waals surface area contributed by atoms with Crippen molar-refractivity contribution in [2.75, 3.05) is 13.7 Å². The van der Waals surface area contributed by atoms with E-state index in [0.29, 0.717) is 6.42 Å². The number of methoxy groups -OCH3 is 1. The molecule has 0 heterocycles. The van der Waals surface area contributed by atoms with Crippen molar-refractivity contribution < 1.29 is 14.9 Å². The van der Waals surface area contributed by atoms with Gasteiger partial charge in [0.2, 0.25) is 0 Å². The van der Waals surface area contributed by atoms with E-state index in [9.17, 15) is 5.11 Å². The number of benzene rings is 1. The summed E-state index contributed by atoms with van der Waals surface area (Å²) in [6.45, 7) is 0.164. The first-order chi connectivity index (χ1) is 8.76. The number of ether oxygens (including phenoxy) is 1. The zero-order valence-electron chi connectivity index (χ0n) is 10.9. The third-order valence-electron chi connectivity index (χ3n) is 4.03. The smallest absolute Gasteiger partial charge is 0.118 e. The van der Waals surface area contributed by atoms with Crippen LogP contribution in [0, 0.1) is 5.92 Å². The van der Waals surface area contributed by atoms with Crippen LogP contribution in [0.1, 0.15) is 37.2 Å². The lowest BCUT2D eigenvalue weighted by atomic mass is 9.74. The molecule has 0 spiro atoms. The Morgan fingerprint density at radius 2 is 1.94 bits per heavy atom. The molecule has 1 aromatic carbocycles. The molecule has 2 rings (SSSR count). The molecule has 1 saturated carbocycles. The number of rotatable bonds is 4. The summed E-state index contributed by atoms with van der Waals surface area (Å²) in [5.74, 6) is 1.27. The number of hydrogen-bond donors (Lipinski definition) is 2. The molecule has 3 atom stereocenters. The number of aliphatic hydroxyl groups is 2. The van der Waals surface area contributed by atoms with Gasteiger partial charge < -0.3 is 14.9 Å². The molecular formula is C15H22O3. The van der Waals surface area contributed by atoms with Crippen molar-refractivity contribution >= 4 is 0 Å². The predicted octanol–water partition coefficient (Wildman–Crippen LogP) is 2.32. The van der Waals surface area contributed by atoms with Crippen LogP contribution in [0.15, 0.2) is 24.3 Å². The molecule has 2 N–H and O–H groups in total. The van der Waals surface area contributed by atoms with Crippen molar-refractivity contribution in [3.8, 4) is 5.75 Å². The predicted molar refractivity (Wildman–Crippen MR) is 70.8 cm³/mol. The third-order valence-corrected chi connectivity index (χ3v) is 4.03. The van der Waals surface area contributed by atoms with Crippen LogP contribution < -0.4 is 4.74 Å². The van der Waals surface area contributed by atoms with Crippen molar-refractivity contribution in [2.24, 2.45) is 5.92 Å². The summed E-state index contributed by atoms with van der Waals surface area (Å²) in [5, 5.41) is 19.4. The van der Waals surface area contributed by atoms with Crippen LogP contribution in [0.3, 0.4) is 0 Å². The molecule has 0 aliphatic heterocycles. The van der Waals surface area contributed by atoms with Gasteiger partial charge in [-0.3, -0.25) is 0 Å². The Balaban J connectivity index is 2.10. The third kappa shape index (κ3) is 2.85. The second-order valence-electron chi connectivity index (χ2n) is 5.07. The first kappa shape index (κ1) is 13.4. The summed E-state index contributed by atoms with van der Waals surface area (Å²) in [6, 6.07) is 7.96. The SMILES string of the molecule is COc1ccc(C2CCCC(CCO)C2O)cc1. The molecular weight excluding hydrogens is 228 g/mol. The highest BCUT2D eigenvalue weighted by Crippen LogP contribution is 2.38. The number of aliphatic hydroxyl groups excluding tert-OH is 2. The maximum atomic E-state index is 10.4. The van der Waals surface area contributed by atoms with Crippen LogP contribution in [0.25, 0.3) is 0 Å². The minimum absolute atomic E-state index is 0.164. The minimum Gasteiger partial charge on any atom is -0.497 e. The summed E-state index contributed by atoms with van der Waals surface area (Å²) in [6.07, 6.45) is 3.54. The molecule has 0 amide bonds. The van der Waals surface area contributed by atoms with E-state index in [1.807, 2.05) is 24.3 Å². The van der Waals surface area contributed by atoms with Crippen molar-refractivity contribution in [1.82, 2.24) is 0 Å². The first-order valence-corrected chi connectivity index (χ1v) is 6.69. The van der Waals surface area contributed by atoms with Crippen LogP contribution in [0.2, 0.25) is 0 Å². The van der Waals surface area contributed by atoms with Gasteiger partial charge in [0.25, 0.3) is 0 Å². The zero-order valence-corrected chi connectivity index (χ0v) is 10.9. The topological polar surface area (TPSA) is 49.7 Å². The van der Waals surface area contributed by atoms with E-state index in [1.54, 1.807) is 7.11 Å². The van der Waals surface area contributed by atoms with Gasteiger partial charge in [0, 0.05) is 12.5 Å². The molecule has 1 aliphatic carbocycles. The lowest BCUT2D eigenvalue weighted by Gasteiger charge is -2.35. The normalized spacial score (nSPS) is 28.1. The second kappa shape index (κ2) is 6.21. The molecule has 3 heteroatoms. The van der Waals surface area contributed by atoms with Gasteiger partial charge in [-0.05, 0) is 42.9 Å². The molecule has 1 fully saturated rings. The average molecular weight is 250 g/mol. The highest BCUT2D eigenvalue weighted by Gasteiger charge is 2.32. The lowest BCUT2D eigenvalue weighted by Crippen LogP contribution is -2.32. The first-order valence-electron chi connectivity index (χ1n) is 6.69. The lowest BCUT2D eigenvalue weighted by molar-refractivity contribution is 0.0361. The Morgan fingerprint density at radius 3 is 2.56 bits per heavy atom. The largest absolute Gasteiger partial charge is 0.497 e. The van der Waals surface area contributed by atoms with Gasteiger partial charge in [0.15, 0.2) is 0 Å². The summed E-state index contributed by atoms with van der Waals surface area (Å²) in [7, 11) is 1.65. The highest BCUT2D eigenvalue weighted by atomic mass is 16.5. The van der Waals surface area contributed by atoms with Gasteiger partial charge >= 0.3 is 0 Å². The maximum absolute atomic E-state index is 10.4. The van der Waals surface area contributed by atoms with E-state index in [-0.39, 0.29) is 24.5 Å². The quantitative estimate of drug-likeness (QED) is 0.862. The highest BCUT2D eigenvalue weighted by molar-refractivity contribution is 5.30. The van der Waals surface area contributed by atoms with Crippen LogP contribution in [0.5, 0.6) is 5.75 Å². The van der Waals surface area contributed by atoms with Crippen LogP contribution in [0.4, 0.5) is 0 Å². The Labute approximate surface area is 108 Å². The Kier molecular flexibility index (Phi) is 4.61. The van der Waals surface area contributed by atoms with E-state index in [2.05, 4.69) is 0 Å². The Hall–Kier alpha value is -1.06. The monoisotopic (exact) mass is 250 g/mol. The molecule has 0 bridgehead atoms. The summed E-state index contributed by atoms with van der Waals surface area (Å²) < 4.78 is 5.15. The van der Waals surface area contributed by atoms with E-state index >= 15 is 0 Å². The second-order valence-corrected chi connectivity index (χ2v) is 5.07. The van der Waals surface area contributed by atoms with Gasteiger partial charge in [0.05, 0.1) is 13.2 Å². The fraction of sp³-hybridized carbons (Fsp3) is 0.600. The summed E-state index contributed by atoms with van der Waals surface area (Å²) in [4.78, 5) is 0. The van der Waals surface area contributed by atoms with Gasteiger partial charge in [-0.2, -0.15) is 0 Å². The van der Waals surface area contributed by atoms with E-state index < -0.39 is 0 Å². The maximum Gasteiger partial charge on any atom is 0.118 e. The van der Waals surface area contributed by atoms with Crippen LogP contribution >= 0.6 is 0 Å². The molecule has 0 aromatic heterocycles. The van der Waals surface area contributed by atoms with E-state index in [1.165, 1.54) is 5.56 Å². The molecule has 100 valence electrons. The van der Waals surface area contributed by atoms with Gasteiger partial charge in [-0.15, -0.1) is 0 Å². The molecule has 1 aliphatic rings. The van der Waals surface area contributed by atoms with Gasteiger partial charge in [0.1, 0.15) is 5.75 Å². The van der Waals surface area contributed by atoms with Gasteiger partial charge in [-0.25, -0.2) is 0 Å². The molecule has 0 saturated heterocycles. The summed E-state index contributed by atoms with van der Waals surface area (Å²) in [5.41, 5.74) is 1.17. The molecule has 3 unspecified atom stereocenters. The minimum atomic E-state index is -0.334. The fourth-order valence-electron chi connectivity index (χ4n) is 2.97. The fourth-order valence-corrected chi connectivity index (χ4v) is 2.97. The van der Waals surface area contributed by atoms with Gasteiger partial charge in [-0.1, -0.05) is 18.6 Å². The summed E-state index contributed by atoms with van der Waals surface area (Å²) >= 11 is 0. The molecule has 18 heavy (non-hydrogen) atoms. The Morgan fingerprint density at radius 1 is 1.22 bits per heavy atom. The standard InChI is InChI=1S/C15H22O3/c1-18-13-7-5-11(6-8-13)14-4-2-3-12(9-10-16)15(14)17/h5-8,12,14-17H,2-4,9-10H2,1H3. The van der Waals surface area contributed by atoms with Crippen molar-refractivity contribution in [2.45, 2.75) is 37.7 Å². The number of hydrogen-bond acceptors (Lipinski definition) is 3. The zero-order chi connectivity index (χ0) is 13.0. The van der Waals surface area contributed by atoms with Crippen molar-refractivity contribution in [3.05, 3.63) is 29.8 Å². The van der Waals surface area contributed by atoms with E-state index in [4.69, 9.17) is 9.84 Å². The Bertz CT molecular complexity index is 359. The average Bonchev–Trinajstić information content (AvgIpc) is 2.42. The van der Waals surface area contributed by atoms with Crippen LogP contribution in [-0.4, -0.2) is 30.0 Å². The molecule has 3 nitrogen and oxygen atoms in total. The van der Waals surface area contributed by atoms with Crippen LogP contribution in [-0.2, 0) is 0 Å².